The van der Waals surface area contributed by atoms with Gasteiger partial charge in [-0.2, -0.15) is 0 Å². The summed E-state index contributed by atoms with van der Waals surface area (Å²) < 4.78 is 12.4. The fraction of sp³-hybridized carbons (Fsp3) is 0.333. The van der Waals surface area contributed by atoms with Gasteiger partial charge in [-0.1, -0.05) is 74.5 Å². The van der Waals surface area contributed by atoms with Gasteiger partial charge in [-0.25, -0.2) is 0 Å². The maximum absolute atomic E-state index is 6.32. The van der Waals surface area contributed by atoms with Crippen LogP contribution in [0.1, 0.15) is 55.3 Å². The van der Waals surface area contributed by atoms with E-state index in [9.17, 15) is 0 Å². The molecule has 1 N–H and O–H groups in total. The van der Waals surface area contributed by atoms with Crippen LogP contribution in [0.15, 0.2) is 84.9 Å². The van der Waals surface area contributed by atoms with Crippen molar-refractivity contribution in [1.82, 2.24) is 0 Å². The number of allylic oxidation sites excluding steroid dienone is 2. The maximum Gasteiger partial charge on any atom is 0.125 e. The summed E-state index contributed by atoms with van der Waals surface area (Å²) in [5, 5.41) is 3.85. The van der Waals surface area contributed by atoms with Crippen molar-refractivity contribution in [3.05, 3.63) is 102 Å². The first-order valence-corrected chi connectivity index (χ1v) is 12.1. The van der Waals surface area contributed by atoms with E-state index in [0.717, 1.165) is 30.9 Å². The van der Waals surface area contributed by atoms with Gasteiger partial charge < -0.3 is 14.8 Å². The lowest BCUT2D eigenvalue weighted by Crippen LogP contribution is -2.29. The summed E-state index contributed by atoms with van der Waals surface area (Å²) in [6.07, 6.45) is 6.85. The van der Waals surface area contributed by atoms with Crippen LogP contribution < -0.4 is 14.8 Å². The van der Waals surface area contributed by atoms with Crippen LogP contribution in [-0.4, -0.2) is 6.61 Å². The number of rotatable bonds is 8. The summed E-state index contributed by atoms with van der Waals surface area (Å²) in [7, 11) is 0. The molecule has 0 saturated carbocycles. The van der Waals surface area contributed by atoms with Gasteiger partial charge >= 0.3 is 0 Å². The van der Waals surface area contributed by atoms with E-state index in [-0.39, 0.29) is 6.04 Å². The third kappa shape index (κ3) is 4.78. The zero-order valence-corrected chi connectivity index (χ0v) is 19.5. The van der Waals surface area contributed by atoms with Gasteiger partial charge in [-0.15, -0.1) is 0 Å². The second kappa shape index (κ2) is 9.74. The first-order chi connectivity index (χ1) is 16.2. The Balaban J connectivity index is 1.38. The van der Waals surface area contributed by atoms with Crippen LogP contribution in [0.25, 0.3) is 0 Å². The van der Waals surface area contributed by atoms with Gasteiger partial charge in [0.25, 0.3) is 0 Å². The van der Waals surface area contributed by atoms with Gasteiger partial charge in [0, 0.05) is 17.2 Å². The van der Waals surface area contributed by atoms with Gasteiger partial charge in [0.05, 0.1) is 12.6 Å². The highest BCUT2D eigenvalue weighted by Gasteiger charge is 2.39. The molecule has 170 valence electrons. The molecule has 0 amide bonds. The quantitative estimate of drug-likeness (QED) is 0.368. The molecule has 3 nitrogen and oxygen atoms in total. The molecular formula is C30H33NO2. The van der Waals surface area contributed by atoms with Crippen LogP contribution in [0, 0.1) is 11.8 Å². The van der Waals surface area contributed by atoms with Crippen LogP contribution >= 0.6 is 0 Å². The Kier molecular flexibility index (Phi) is 6.39. The monoisotopic (exact) mass is 439 g/mol. The van der Waals surface area contributed by atoms with Crippen molar-refractivity contribution in [3.63, 3.8) is 0 Å². The normalized spacial score (nSPS) is 20.8. The van der Waals surface area contributed by atoms with Crippen LogP contribution in [0.5, 0.6) is 11.5 Å². The molecule has 1 heterocycles. The number of benzene rings is 3. The topological polar surface area (TPSA) is 30.5 Å². The third-order valence-corrected chi connectivity index (χ3v) is 6.79. The molecule has 0 aromatic heterocycles. The summed E-state index contributed by atoms with van der Waals surface area (Å²) in [6.45, 7) is 5.80. The van der Waals surface area contributed by atoms with E-state index in [1.54, 1.807) is 0 Å². The van der Waals surface area contributed by atoms with Crippen molar-refractivity contribution >= 4 is 5.69 Å². The first-order valence-electron chi connectivity index (χ1n) is 12.1. The summed E-state index contributed by atoms with van der Waals surface area (Å²) >= 11 is 0. The van der Waals surface area contributed by atoms with Gasteiger partial charge in [0.2, 0.25) is 0 Å². The number of para-hydroxylation sites is 1. The number of ether oxygens (including phenoxy) is 2. The van der Waals surface area contributed by atoms with E-state index in [1.165, 1.54) is 22.4 Å². The molecule has 0 radical (unpaired) electrons. The Morgan fingerprint density at radius 1 is 0.909 bits per heavy atom. The van der Waals surface area contributed by atoms with Crippen LogP contribution in [0.4, 0.5) is 5.69 Å². The molecule has 0 bridgehead atoms. The highest BCUT2D eigenvalue weighted by Crippen LogP contribution is 2.51. The Bertz CT molecular complexity index is 1110. The molecule has 1 aliphatic heterocycles. The molecule has 0 fully saturated rings. The van der Waals surface area contributed by atoms with E-state index in [4.69, 9.17) is 9.47 Å². The van der Waals surface area contributed by atoms with Crippen molar-refractivity contribution in [2.75, 3.05) is 11.9 Å². The molecule has 3 aromatic rings. The fourth-order valence-corrected chi connectivity index (χ4v) is 4.99. The molecule has 0 spiro atoms. The Hall–Kier alpha value is -3.20. The van der Waals surface area contributed by atoms with Gasteiger partial charge in [0.1, 0.15) is 18.1 Å². The van der Waals surface area contributed by atoms with Crippen LogP contribution in [-0.2, 0) is 6.61 Å². The fourth-order valence-electron chi connectivity index (χ4n) is 4.99. The van der Waals surface area contributed by atoms with Crippen molar-refractivity contribution in [1.29, 1.82) is 0 Å². The Morgan fingerprint density at radius 3 is 2.58 bits per heavy atom. The second-order valence-corrected chi connectivity index (χ2v) is 9.57. The second-order valence-electron chi connectivity index (χ2n) is 9.57. The van der Waals surface area contributed by atoms with Crippen LogP contribution in [0.3, 0.4) is 0 Å². The van der Waals surface area contributed by atoms with Crippen molar-refractivity contribution < 1.29 is 9.47 Å². The van der Waals surface area contributed by atoms with E-state index in [2.05, 4.69) is 98.0 Å². The number of anilines is 1. The predicted octanol–water partition coefficient (Wildman–Crippen LogP) is 7.52. The molecule has 33 heavy (non-hydrogen) atoms. The molecule has 3 unspecified atom stereocenters. The zero-order valence-electron chi connectivity index (χ0n) is 19.5. The largest absolute Gasteiger partial charge is 0.494 e. The lowest BCUT2D eigenvalue weighted by Gasteiger charge is -2.38. The molecular weight excluding hydrogens is 406 g/mol. The number of hydrogen-bond donors (Lipinski definition) is 1. The van der Waals surface area contributed by atoms with Crippen LogP contribution in [0.2, 0.25) is 0 Å². The van der Waals surface area contributed by atoms with E-state index >= 15 is 0 Å². The minimum absolute atomic E-state index is 0.206. The van der Waals surface area contributed by atoms with Gasteiger partial charge in [-0.05, 0) is 60.1 Å². The highest BCUT2D eigenvalue weighted by molar-refractivity contribution is 5.62. The van der Waals surface area contributed by atoms with Crippen molar-refractivity contribution in [2.45, 2.75) is 45.3 Å². The number of hydrogen-bond acceptors (Lipinski definition) is 3. The predicted molar refractivity (Wildman–Crippen MR) is 135 cm³/mol. The number of nitrogens with one attached hydrogen (secondary N) is 1. The van der Waals surface area contributed by atoms with E-state index in [0.29, 0.717) is 24.4 Å². The molecule has 2 aliphatic rings. The van der Waals surface area contributed by atoms with Crippen molar-refractivity contribution in [3.8, 4) is 11.5 Å². The zero-order chi connectivity index (χ0) is 22.6. The smallest absolute Gasteiger partial charge is 0.125 e. The van der Waals surface area contributed by atoms with Gasteiger partial charge in [0.15, 0.2) is 0 Å². The lowest BCUT2D eigenvalue weighted by molar-refractivity contribution is 0.288. The molecule has 3 heteroatoms. The molecule has 3 atom stereocenters. The van der Waals surface area contributed by atoms with E-state index in [1.807, 2.05) is 6.07 Å². The molecule has 5 rings (SSSR count). The third-order valence-electron chi connectivity index (χ3n) is 6.79. The summed E-state index contributed by atoms with van der Waals surface area (Å²) in [5.41, 5.74) is 4.95. The Labute approximate surface area is 197 Å². The van der Waals surface area contributed by atoms with Gasteiger partial charge in [-0.3, -0.25) is 0 Å². The molecule has 3 aromatic carbocycles. The number of fused-ring (bicyclic) bond motifs is 3. The van der Waals surface area contributed by atoms with Crippen molar-refractivity contribution in [2.24, 2.45) is 11.8 Å². The van der Waals surface area contributed by atoms with E-state index < -0.39 is 0 Å². The Morgan fingerprint density at radius 2 is 1.73 bits per heavy atom. The minimum atomic E-state index is 0.206. The lowest BCUT2D eigenvalue weighted by atomic mass is 9.77. The molecule has 0 saturated heterocycles. The maximum atomic E-state index is 6.32. The molecule has 1 aliphatic carbocycles. The SMILES string of the molecule is CC(C)CCOc1ccc2c(c1)C1C=CCC1C(c1ccccc1OCc1ccccc1)N2. The summed E-state index contributed by atoms with van der Waals surface area (Å²) in [6, 6.07) is 25.6. The average molecular weight is 440 g/mol. The summed E-state index contributed by atoms with van der Waals surface area (Å²) in [5.74, 6) is 3.44. The average Bonchev–Trinajstić information content (AvgIpc) is 3.33. The highest BCUT2D eigenvalue weighted by atomic mass is 16.5. The summed E-state index contributed by atoms with van der Waals surface area (Å²) in [4.78, 5) is 0. The first kappa shape index (κ1) is 21.6. The minimum Gasteiger partial charge on any atom is -0.494 e. The standard InChI is InChI=1S/C30H33NO2/c1-21(2)17-18-32-23-15-16-28-27(19-23)24-12-8-13-25(24)30(31-28)26-11-6-7-14-29(26)33-20-22-9-4-3-5-10-22/h3-12,14-16,19,21,24-25,30-31H,13,17-18,20H2,1-2H3.